The van der Waals surface area contributed by atoms with Crippen LogP contribution in [0.4, 0.5) is 5.69 Å². The molecule has 1 aliphatic rings. The zero-order chi connectivity index (χ0) is 25.9. The fourth-order valence-corrected chi connectivity index (χ4v) is 4.77. The number of rotatable bonds is 11. The summed E-state index contributed by atoms with van der Waals surface area (Å²) >= 11 is 7.10. The Bertz CT molecular complexity index is 1010. The second-order valence-electron chi connectivity index (χ2n) is 8.37. The molecular weight excluding hydrogens is 500 g/mol. The van der Waals surface area contributed by atoms with Crippen LogP contribution in [0.15, 0.2) is 48.5 Å². The number of nitrogens with one attached hydrogen (secondary N) is 1. The van der Waals surface area contributed by atoms with E-state index in [9.17, 15) is 14.4 Å². The monoisotopic (exact) mass is 532 g/mol. The molecule has 194 valence electrons. The van der Waals surface area contributed by atoms with Crippen molar-refractivity contribution in [3.63, 3.8) is 0 Å². The zero-order valence-electron chi connectivity index (χ0n) is 20.5. The van der Waals surface area contributed by atoms with Crippen LogP contribution in [-0.4, -0.2) is 84.5 Å². The highest BCUT2D eigenvalue weighted by molar-refractivity contribution is 8.01. The van der Waals surface area contributed by atoms with Crippen LogP contribution in [0.2, 0.25) is 5.02 Å². The van der Waals surface area contributed by atoms with E-state index in [2.05, 4.69) is 10.2 Å². The molecule has 1 heterocycles. The molecule has 0 radical (unpaired) electrons. The fourth-order valence-electron chi connectivity index (χ4n) is 3.85. The summed E-state index contributed by atoms with van der Waals surface area (Å²) in [5.41, 5.74) is 7.82. The Labute approximate surface area is 221 Å². The van der Waals surface area contributed by atoms with Crippen molar-refractivity contribution in [3.8, 4) is 0 Å². The molecule has 0 unspecified atom stereocenters. The number of thioether (sulfide) groups is 1. The molecular formula is C26H33ClN4O4S. The molecule has 8 nitrogen and oxygen atoms in total. The second-order valence-corrected chi connectivity index (χ2v) is 10.0. The van der Waals surface area contributed by atoms with Crippen LogP contribution >= 0.6 is 23.4 Å². The van der Waals surface area contributed by atoms with E-state index in [0.29, 0.717) is 36.6 Å². The van der Waals surface area contributed by atoms with Gasteiger partial charge in [0.2, 0.25) is 5.91 Å². The number of anilines is 1. The molecule has 1 fully saturated rings. The van der Waals surface area contributed by atoms with Gasteiger partial charge in [-0.25, -0.2) is 0 Å². The SMILES string of the molecule is CCOC(=O)[C@H](SCCN)C(=O)Nc1ccc(C(=O)N2CCN(CCc3ccc(Cl)cc3)CC2)cc1. The maximum Gasteiger partial charge on any atom is 0.328 e. The number of halogens is 1. The van der Waals surface area contributed by atoms with Gasteiger partial charge in [0.05, 0.1) is 6.61 Å². The van der Waals surface area contributed by atoms with Crippen LogP contribution in [-0.2, 0) is 20.7 Å². The number of hydrogen-bond acceptors (Lipinski definition) is 7. The number of piperazine rings is 1. The van der Waals surface area contributed by atoms with Gasteiger partial charge < -0.3 is 20.7 Å². The topological polar surface area (TPSA) is 105 Å². The van der Waals surface area contributed by atoms with E-state index in [1.807, 2.05) is 29.2 Å². The molecule has 3 rings (SSSR count). The van der Waals surface area contributed by atoms with Crippen molar-refractivity contribution in [1.82, 2.24) is 9.80 Å². The van der Waals surface area contributed by atoms with Gasteiger partial charge in [0.25, 0.3) is 5.91 Å². The average Bonchev–Trinajstić information content (AvgIpc) is 2.89. The highest BCUT2D eigenvalue weighted by Crippen LogP contribution is 2.18. The quantitative estimate of drug-likeness (QED) is 0.338. The Morgan fingerprint density at radius 2 is 1.72 bits per heavy atom. The van der Waals surface area contributed by atoms with Gasteiger partial charge in [-0.15, -0.1) is 11.8 Å². The van der Waals surface area contributed by atoms with Crippen molar-refractivity contribution >= 4 is 46.8 Å². The standard InChI is InChI=1S/C26H33ClN4O4S/c1-2-35-26(34)23(36-18-12-28)24(32)29-22-9-5-20(6-10-22)25(33)31-16-14-30(15-17-31)13-11-19-3-7-21(27)8-4-19/h3-10,23H,2,11-18,28H2,1H3,(H,29,32)/t23-/m1/s1. The van der Waals surface area contributed by atoms with Crippen molar-refractivity contribution in [2.24, 2.45) is 5.73 Å². The largest absolute Gasteiger partial charge is 0.465 e. The lowest BCUT2D eigenvalue weighted by Gasteiger charge is -2.34. The number of nitrogens with zero attached hydrogens (tertiary/aromatic N) is 2. The van der Waals surface area contributed by atoms with E-state index in [1.165, 1.54) is 5.56 Å². The lowest BCUT2D eigenvalue weighted by atomic mass is 10.1. The normalized spacial score (nSPS) is 14.8. The van der Waals surface area contributed by atoms with Crippen LogP contribution in [0.5, 0.6) is 0 Å². The predicted molar refractivity (Wildman–Crippen MR) is 145 cm³/mol. The van der Waals surface area contributed by atoms with Crippen LogP contribution in [0, 0.1) is 0 Å². The highest BCUT2D eigenvalue weighted by atomic mass is 35.5. The number of nitrogens with two attached hydrogens (primary N) is 1. The van der Waals surface area contributed by atoms with Gasteiger partial charge in [-0.2, -0.15) is 0 Å². The van der Waals surface area contributed by atoms with E-state index in [1.54, 1.807) is 31.2 Å². The molecule has 1 saturated heterocycles. The molecule has 0 saturated carbocycles. The summed E-state index contributed by atoms with van der Waals surface area (Å²) in [5.74, 6) is -0.639. The van der Waals surface area contributed by atoms with Crippen molar-refractivity contribution < 1.29 is 19.1 Å². The summed E-state index contributed by atoms with van der Waals surface area (Å²) in [7, 11) is 0. The minimum atomic E-state index is -0.995. The van der Waals surface area contributed by atoms with E-state index in [-0.39, 0.29) is 12.5 Å². The molecule has 2 aromatic carbocycles. The van der Waals surface area contributed by atoms with E-state index in [4.69, 9.17) is 22.1 Å². The van der Waals surface area contributed by atoms with E-state index in [0.717, 1.165) is 42.8 Å². The smallest absolute Gasteiger partial charge is 0.328 e. The van der Waals surface area contributed by atoms with Gasteiger partial charge in [0.15, 0.2) is 5.25 Å². The minimum Gasteiger partial charge on any atom is -0.465 e. The molecule has 1 atom stereocenters. The van der Waals surface area contributed by atoms with Gasteiger partial charge in [0, 0.05) is 61.3 Å². The summed E-state index contributed by atoms with van der Waals surface area (Å²) < 4.78 is 5.01. The molecule has 2 amide bonds. The third-order valence-electron chi connectivity index (χ3n) is 5.83. The molecule has 3 N–H and O–H groups in total. The fraction of sp³-hybridized carbons (Fsp3) is 0.423. The lowest BCUT2D eigenvalue weighted by molar-refractivity contribution is -0.144. The number of ether oxygens (including phenoxy) is 1. The number of carbonyl (C=O) groups is 3. The van der Waals surface area contributed by atoms with Gasteiger partial charge in [-0.05, 0) is 55.3 Å². The van der Waals surface area contributed by atoms with Crippen molar-refractivity contribution in [3.05, 3.63) is 64.7 Å². The zero-order valence-corrected chi connectivity index (χ0v) is 22.0. The maximum atomic E-state index is 13.0. The van der Waals surface area contributed by atoms with Crippen LogP contribution in [0.25, 0.3) is 0 Å². The molecule has 10 heteroatoms. The molecule has 2 aromatic rings. The van der Waals surface area contributed by atoms with Gasteiger partial charge in [0.1, 0.15) is 0 Å². The Balaban J connectivity index is 1.49. The van der Waals surface area contributed by atoms with Crippen LogP contribution in [0.1, 0.15) is 22.8 Å². The number of benzene rings is 2. The number of hydrogen-bond donors (Lipinski definition) is 2. The van der Waals surface area contributed by atoms with Crippen molar-refractivity contribution in [1.29, 1.82) is 0 Å². The van der Waals surface area contributed by atoms with E-state index < -0.39 is 17.1 Å². The third kappa shape index (κ3) is 8.23. The first-order chi connectivity index (χ1) is 17.4. The molecule has 0 bridgehead atoms. The van der Waals surface area contributed by atoms with Crippen molar-refractivity contribution in [2.75, 3.05) is 56.9 Å². The summed E-state index contributed by atoms with van der Waals surface area (Å²) in [4.78, 5) is 42.0. The first-order valence-electron chi connectivity index (χ1n) is 12.1. The van der Waals surface area contributed by atoms with Gasteiger partial charge in [-0.3, -0.25) is 19.3 Å². The molecule has 1 aliphatic heterocycles. The third-order valence-corrected chi connectivity index (χ3v) is 7.29. The predicted octanol–water partition coefficient (Wildman–Crippen LogP) is 2.90. The highest BCUT2D eigenvalue weighted by Gasteiger charge is 2.28. The summed E-state index contributed by atoms with van der Waals surface area (Å²) in [6, 6.07) is 14.6. The Hall–Kier alpha value is -2.59. The molecule has 0 aliphatic carbocycles. The second kappa shape index (κ2) is 14.2. The molecule has 0 spiro atoms. The maximum absolute atomic E-state index is 13.0. The minimum absolute atomic E-state index is 0.0341. The summed E-state index contributed by atoms with van der Waals surface area (Å²) in [6.07, 6.45) is 0.944. The Morgan fingerprint density at radius 3 is 2.33 bits per heavy atom. The summed E-state index contributed by atoms with van der Waals surface area (Å²) in [5, 5.41) is 2.48. The Kier molecular flexibility index (Phi) is 11.1. The first kappa shape index (κ1) is 28.0. The molecule has 36 heavy (non-hydrogen) atoms. The number of carbonyl (C=O) groups excluding carboxylic acids is 3. The molecule has 0 aromatic heterocycles. The van der Waals surface area contributed by atoms with Gasteiger partial charge >= 0.3 is 5.97 Å². The van der Waals surface area contributed by atoms with Crippen LogP contribution < -0.4 is 11.1 Å². The first-order valence-corrected chi connectivity index (χ1v) is 13.5. The van der Waals surface area contributed by atoms with E-state index >= 15 is 0 Å². The van der Waals surface area contributed by atoms with Gasteiger partial charge in [-0.1, -0.05) is 23.7 Å². The summed E-state index contributed by atoms with van der Waals surface area (Å²) in [6.45, 7) is 6.15. The van der Waals surface area contributed by atoms with Crippen molar-refractivity contribution in [2.45, 2.75) is 18.6 Å². The lowest BCUT2D eigenvalue weighted by Crippen LogP contribution is -2.49. The number of amides is 2. The Morgan fingerprint density at radius 1 is 1.06 bits per heavy atom. The average molecular weight is 533 g/mol. The number of esters is 1. The van der Waals surface area contributed by atoms with Crippen LogP contribution in [0.3, 0.4) is 0 Å².